The van der Waals surface area contributed by atoms with Crippen LogP contribution in [0.25, 0.3) is 5.82 Å². The van der Waals surface area contributed by atoms with Crippen molar-refractivity contribution < 1.29 is 4.79 Å². The maximum absolute atomic E-state index is 12.5. The average molecular weight is 388 g/mol. The smallest absolute Gasteiger partial charge is 0.168 e. The van der Waals surface area contributed by atoms with E-state index in [1.165, 1.54) is 0 Å². The number of Topliss-reactive ketones (excluding diaryl/α,β-unsaturated/α-hetero) is 1. The molecule has 3 heterocycles. The number of fused-ring (bicyclic) bond motifs is 1. The number of benzene rings is 1. The molecule has 2 aromatic heterocycles. The zero-order valence-corrected chi connectivity index (χ0v) is 15.3. The van der Waals surface area contributed by atoms with E-state index in [-0.39, 0.29) is 17.2 Å². The number of hydrogen-bond acceptors (Lipinski definition) is 5. The standard InChI is InChI=1S/C18H15Cl2N5O/c19-13-3-1-2-12(18(13)20)16(26)8-11-4-5-17(22-9-11)25-15-6-7-21-10-14(15)23-24-25/h1-5,9,21H,6-8,10H2. The second-order valence-corrected chi connectivity index (χ2v) is 6.83. The lowest BCUT2D eigenvalue weighted by atomic mass is 10.0. The van der Waals surface area contributed by atoms with Crippen LogP contribution in [-0.2, 0) is 19.4 Å². The van der Waals surface area contributed by atoms with E-state index in [1.807, 2.05) is 12.1 Å². The van der Waals surface area contributed by atoms with E-state index in [9.17, 15) is 4.79 Å². The number of pyridine rings is 1. The number of nitrogens with zero attached hydrogens (tertiary/aromatic N) is 4. The Morgan fingerprint density at radius 2 is 2.12 bits per heavy atom. The van der Waals surface area contributed by atoms with Crippen LogP contribution in [0.1, 0.15) is 27.3 Å². The molecule has 26 heavy (non-hydrogen) atoms. The van der Waals surface area contributed by atoms with Crippen LogP contribution in [0, 0.1) is 0 Å². The molecular formula is C18H15Cl2N5O. The maximum atomic E-state index is 12.5. The first-order chi connectivity index (χ1) is 12.6. The molecule has 0 bridgehead atoms. The maximum Gasteiger partial charge on any atom is 0.168 e. The minimum atomic E-state index is -0.101. The minimum Gasteiger partial charge on any atom is -0.311 e. The van der Waals surface area contributed by atoms with Crippen molar-refractivity contribution in [1.29, 1.82) is 0 Å². The molecular weight excluding hydrogens is 373 g/mol. The fourth-order valence-corrected chi connectivity index (χ4v) is 3.37. The molecule has 0 aliphatic carbocycles. The molecule has 1 N–H and O–H groups in total. The lowest BCUT2D eigenvalue weighted by Gasteiger charge is -2.13. The number of carbonyl (C=O) groups is 1. The van der Waals surface area contributed by atoms with Gasteiger partial charge in [-0.25, -0.2) is 4.98 Å². The molecule has 1 aliphatic rings. The van der Waals surface area contributed by atoms with Crippen molar-refractivity contribution in [2.45, 2.75) is 19.4 Å². The summed E-state index contributed by atoms with van der Waals surface area (Å²) in [6.45, 7) is 1.62. The van der Waals surface area contributed by atoms with Crippen molar-refractivity contribution in [3.05, 3.63) is 69.1 Å². The van der Waals surface area contributed by atoms with Crippen LogP contribution in [0.4, 0.5) is 0 Å². The van der Waals surface area contributed by atoms with E-state index in [0.717, 1.165) is 36.5 Å². The van der Waals surface area contributed by atoms with Crippen LogP contribution in [0.5, 0.6) is 0 Å². The van der Waals surface area contributed by atoms with Crippen LogP contribution in [0.2, 0.25) is 10.0 Å². The van der Waals surface area contributed by atoms with Gasteiger partial charge >= 0.3 is 0 Å². The van der Waals surface area contributed by atoms with Crippen molar-refractivity contribution in [3.8, 4) is 5.82 Å². The highest BCUT2D eigenvalue weighted by Crippen LogP contribution is 2.26. The summed E-state index contributed by atoms with van der Waals surface area (Å²) in [5, 5.41) is 12.3. The van der Waals surface area contributed by atoms with E-state index >= 15 is 0 Å². The monoisotopic (exact) mass is 387 g/mol. The van der Waals surface area contributed by atoms with E-state index in [2.05, 4.69) is 20.6 Å². The number of carbonyl (C=O) groups excluding carboxylic acids is 1. The Bertz CT molecular complexity index is 968. The normalized spacial score (nSPS) is 13.5. The molecule has 0 fully saturated rings. The molecule has 0 saturated heterocycles. The molecule has 4 rings (SSSR count). The largest absolute Gasteiger partial charge is 0.311 e. The zero-order chi connectivity index (χ0) is 18.1. The summed E-state index contributed by atoms with van der Waals surface area (Å²) in [4.78, 5) is 16.9. The Kier molecular flexibility index (Phi) is 4.72. The van der Waals surface area contributed by atoms with Gasteiger partial charge in [-0.15, -0.1) is 5.10 Å². The Morgan fingerprint density at radius 3 is 2.92 bits per heavy atom. The number of rotatable bonds is 4. The Morgan fingerprint density at radius 1 is 1.23 bits per heavy atom. The number of ketones is 1. The molecule has 0 atom stereocenters. The molecule has 132 valence electrons. The predicted octanol–water partition coefficient (Wildman–Crippen LogP) is 3.04. The molecule has 3 aromatic rings. The lowest BCUT2D eigenvalue weighted by molar-refractivity contribution is 0.0993. The van der Waals surface area contributed by atoms with Crippen LogP contribution in [0.3, 0.4) is 0 Å². The Balaban J connectivity index is 1.54. The second-order valence-electron chi connectivity index (χ2n) is 6.05. The van der Waals surface area contributed by atoms with Gasteiger partial charge in [-0.2, -0.15) is 4.68 Å². The van der Waals surface area contributed by atoms with Gasteiger partial charge in [0, 0.05) is 37.7 Å². The highest BCUT2D eigenvalue weighted by Gasteiger charge is 2.18. The molecule has 0 saturated carbocycles. The molecule has 1 aromatic carbocycles. The second kappa shape index (κ2) is 7.15. The van der Waals surface area contributed by atoms with E-state index < -0.39 is 0 Å². The number of hydrogen-bond donors (Lipinski definition) is 1. The molecule has 8 heteroatoms. The molecule has 1 aliphatic heterocycles. The van der Waals surface area contributed by atoms with Crippen molar-refractivity contribution in [2.24, 2.45) is 0 Å². The van der Waals surface area contributed by atoms with Gasteiger partial charge in [0.1, 0.15) is 5.69 Å². The topological polar surface area (TPSA) is 72.7 Å². The van der Waals surface area contributed by atoms with Crippen molar-refractivity contribution in [1.82, 2.24) is 25.3 Å². The van der Waals surface area contributed by atoms with Gasteiger partial charge in [-0.3, -0.25) is 4.79 Å². The van der Waals surface area contributed by atoms with Gasteiger partial charge in [0.15, 0.2) is 11.6 Å². The van der Waals surface area contributed by atoms with Crippen molar-refractivity contribution >= 4 is 29.0 Å². The van der Waals surface area contributed by atoms with Gasteiger partial charge in [0.25, 0.3) is 0 Å². The van der Waals surface area contributed by atoms with Gasteiger partial charge in [-0.1, -0.05) is 40.5 Å². The quantitative estimate of drug-likeness (QED) is 0.696. The Labute approximate surface area is 160 Å². The number of nitrogens with one attached hydrogen (secondary N) is 1. The van der Waals surface area contributed by atoms with Crippen LogP contribution in [0.15, 0.2) is 36.5 Å². The third kappa shape index (κ3) is 3.23. The summed E-state index contributed by atoms with van der Waals surface area (Å²) in [6, 6.07) is 8.76. The summed E-state index contributed by atoms with van der Waals surface area (Å²) in [6.07, 6.45) is 2.74. The molecule has 6 nitrogen and oxygen atoms in total. The highest BCUT2D eigenvalue weighted by molar-refractivity contribution is 6.43. The van der Waals surface area contributed by atoms with Crippen LogP contribution >= 0.6 is 23.2 Å². The highest BCUT2D eigenvalue weighted by atomic mass is 35.5. The fraction of sp³-hybridized carbons (Fsp3) is 0.222. The van der Waals surface area contributed by atoms with Gasteiger partial charge in [0.05, 0.1) is 15.7 Å². The van der Waals surface area contributed by atoms with E-state index in [0.29, 0.717) is 16.4 Å². The lowest BCUT2D eigenvalue weighted by Crippen LogP contribution is -2.25. The van der Waals surface area contributed by atoms with Gasteiger partial charge < -0.3 is 5.32 Å². The third-order valence-electron chi connectivity index (χ3n) is 4.32. The van der Waals surface area contributed by atoms with Gasteiger partial charge in [0.2, 0.25) is 0 Å². The summed E-state index contributed by atoms with van der Waals surface area (Å²) in [5.41, 5.74) is 3.24. The Hall–Kier alpha value is -2.28. The molecule has 0 unspecified atom stereocenters. The summed E-state index contributed by atoms with van der Waals surface area (Å²) in [7, 11) is 0. The summed E-state index contributed by atoms with van der Waals surface area (Å²) in [5.74, 6) is 0.592. The summed E-state index contributed by atoms with van der Waals surface area (Å²) < 4.78 is 1.76. The van der Waals surface area contributed by atoms with Crippen LogP contribution < -0.4 is 5.32 Å². The zero-order valence-electron chi connectivity index (χ0n) is 13.7. The van der Waals surface area contributed by atoms with Gasteiger partial charge in [-0.05, 0) is 23.8 Å². The predicted molar refractivity (Wildman–Crippen MR) is 99.1 cm³/mol. The SMILES string of the molecule is O=C(Cc1ccc(-n2nnc3c2CCNC3)nc1)c1cccc(Cl)c1Cl. The first-order valence-electron chi connectivity index (χ1n) is 8.20. The van der Waals surface area contributed by atoms with E-state index in [4.69, 9.17) is 23.2 Å². The first kappa shape index (κ1) is 17.1. The average Bonchev–Trinajstić information content (AvgIpc) is 3.09. The fourth-order valence-electron chi connectivity index (χ4n) is 2.96. The first-order valence-corrected chi connectivity index (χ1v) is 8.96. The number of halogens is 2. The van der Waals surface area contributed by atoms with Crippen molar-refractivity contribution in [2.75, 3.05) is 6.54 Å². The van der Waals surface area contributed by atoms with Crippen molar-refractivity contribution in [3.63, 3.8) is 0 Å². The van der Waals surface area contributed by atoms with E-state index in [1.54, 1.807) is 29.1 Å². The third-order valence-corrected chi connectivity index (χ3v) is 5.14. The van der Waals surface area contributed by atoms with Crippen LogP contribution in [-0.4, -0.2) is 32.3 Å². The molecule has 0 spiro atoms. The molecule has 0 radical (unpaired) electrons. The molecule has 0 amide bonds. The summed E-state index contributed by atoms with van der Waals surface area (Å²) >= 11 is 12.1. The number of aromatic nitrogens is 4. The minimum absolute atomic E-state index is 0.101.